The average Bonchev–Trinajstić information content (AvgIpc) is 2.35. The number of aliphatic hydroxyl groups is 1. The Morgan fingerprint density at radius 1 is 1.26 bits per heavy atom. The highest BCUT2D eigenvalue weighted by Crippen LogP contribution is 2.33. The molecule has 2 unspecified atom stereocenters. The smallest absolute Gasteiger partial charge is 0.156 e. The fourth-order valence-corrected chi connectivity index (χ4v) is 2.80. The zero-order valence-electron chi connectivity index (χ0n) is 11.9. The number of hydrogen-bond donors (Lipinski definition) is 1. The topological polar surface area (TPSA) is 61.1 Å². The van der Waals surface area contributed by atoms with Crippen molar-refractivity contribution in [3.63, 3.8) is 0 Å². The molecule has 3 nitrogen and oxygen atoms in total. The van der Waals surface area contributed by atoms with E-state index >= 15 is 0 Å². The lowest BCUT2D eigenvalue weighted by Crippen LogP contribution is -2.42. The van der Waals surface area contributed by atoms with E-state index in [4.69, 9.17) is 5.26 Å². The molecule has 19 heavy (non-hydrogen) atoms. The predicted molar refractivity (Wildman–Crippen MR) is 77.1 cm³/mol. The minimum Gasteiger partial charge on any atom is -0.375 e. The van der Waals surface area contributed by atoms with Crippen LogP contribution in [0.5, 0.6) is 0 Å². The lowest BCUT2D eigenvalue weighted by Gasteiger charge is -2.34. The first-order chi connectivity index (χ1) is 8.69. The van der Waals surface area contributed by atoms with Gasteiger partial charge in [-0.1, -0.05) is 38.5 Å². The summed E-state index contributed by atoms with van der Waals surface area (Å²) in [5, 5.41) is 19.4. The average molecular weight is 279 g/mol. The molecule has 0 bridgehead atoms. The van der Waals surface area contributed by atoms with Crippen molar-refractivity contribution in [3.05, 3.63) is 29.8 Å². The number of aryl methyl sites for hydroxylation is 1. The van der Waals surface area contributed by atoms with Crippen molar-refractivity contribution in [1.82, 2.24) is 0 Å². The fourth-order valence-electron chi connectivity index (χ4n) is 1.65. The zero-order chi connectivity index (χ0) is 14.7. The molecular weight excluding hydrogens is 258 g/mol. The van der Waals surface area contributed by atoms with Crippen molar-refractivity contribution in [3.8, 4) is 6.07 Å². The first kappa shape index (κ1) is 15.9. The molecular formula is C15H21NO2S. The molecule has 0 aliphatic heterocycles. The van der Waals surface area contributed by atoms with Gasteiger partial charge >= 0.3 is 0 Å². The molecule has 0 aliphatic rings. The number of nitriles is 1. The highest BCUT2D eigenvalue weighted by molar-refractivity contribution is 7.85. The van der Waals surface area contributed by atoms with E-state index in [1.165, 1.54) is 0 Å². The molecule has 0 aliphatic carbocycles. The maximum Gasteiger partial charge on any atom is 0.156 e. The third kappa shape index (κ3) is 3.89. The van der Waals surface area contributed by atoms with Crippen LogP contribution in [0.1, 0.15) is 32.8 Å². The van der Waals surface area contributed by atoms with E-state index in [-0.39, 0.29) is 12.2 Å². The summed E-state index contributed by atoms with van der Waals surface area (Å²) < 4.78 is 12.1. The van der Waals surface area contributed by atoms with Crippen LogP contribution in [0, 0.1) is 23.7 Å². The minimum atomic E-state index is -1.45. The molecule has 0 saturated carbocycles. The number of benzene rings is 1. The van der Waals surface area contributed by atoms with Gasteiger partial charge in [0.05, 0.1) is 16.9 Å². The molecule has 1 N–H and O–H groups in total. The van der Waals surface area contributed by atoms with Gasteiger partial charge in [0.2, 0.25) is 0 Å². The second-order valence-electron chi connectivity index (χ2n) is 5.83. The summed E-state index contributed by atoms with van der Waals surface area (Å²) in [5.41, 5.74) is -0.893. The molecule has 104 valence electrons. The normalized spacial score (nSPS) is 16.4. The van der Waals surface area contributed by atoms with Crippen LogP contribution in [0.25, 0.3) is 0 Å². The lowest BCUT2D eigenvalue weighted by atomic mass is 9.76. The lowest BCUT2D eigenvalue weighted by molar-refractivity contribution is -0.00855. The Morgan fingerprint density at radius 2 is 1.79 bits per heavy atom. The quantitative estimate of drug-likeness (QED) is 0.862. The molecule has 1 aromatic rings. The van der Waals surface area contributed by atoms with Crippen molar-refractivity contribution in [2.45, 2.75) is 44.6 Å². The van der Waals surface area contributed by atoms with E-state index in [1.54, 1.807) is 0 Å². The first-order valence-corrected chi connectivity index (χ1v) is 7.60. The van der Waals surface area contributed by atoms with Gasteiger partial charge in [-0.3, -0.25) is 4.21 Å². The van der Waals surface area contributed by atoms with E-state index in [9.17, 15) is 9.32 Å². The van der Waals surface area contributed by atoms with Crippen molar-refractivity contribution in [2.75, 3.05) is 5.75 Å². The molecule has 0 heterocycles. The Bertz CT molecular complexity index is 496. The SMILES string of the molecule is Cc1ccc(S(=O)CCC(O)(C#N)C(C)(C)C)cc1. The third-order valence-electron chi connectivity index (χ3n) is 3.36. The summed E-state index contributed by atoms with van der Waals surface area (Å²) in [6.45, 7) is 7.40. The van der Waals surface area contributed by atoms with Crippen LogP contribution in [-0.2, 0) is 10.8 Å². The number of nitrogens with zero attached hydrogens (tertiary/aromatic N) is 1. The number of hydrogen-bond acceptors (Lipinski definition) is 3. The Labute approximate surface area is 117 Å². The summed E-state index contributed by atoms with van der Waals surface area (Å²) in [4.78, 5) is 0.736. The monoisotopic (exact) mass is 279 g/mol. The van der Waals surface area contributed by atoms with E-state index < -0.39 is 21.8 Å². The molecule has 0 radical (unpaired) electrons. The van der Waals surface area contributed by atoms with Gasteiger partial charge in [0, 0.05) is 22.5 Å². The van der Waals surface area contributed by atoms with Crippen LogP contribution in [0.3, 0.4) is 0 Å². The molecule has 0 aromatic heterocycles. The van der Waals surface area contributed by atoms with Gasteiger partial charge in [0.1, 0.15) is 0 Å². The van der Waals surface area contributed by atoms with Gasteiger partial charge in [-0.25, -0.2) is 0 Å². The van der Waals surface area contributed by atoms with Crippen molar-refractivity contribution in [1.29, 1.82) is 5.26 Å². The van der Waals surface area contributed by atoms with Crippen molar-refractivity contribution < 1.29 is 9.32 Å². The first-order valence-electron chi connectivity index (χ1n) is 6.28. The Morgan fingerprint density at radius 3 is 2.21 bits per heavy atom. The third-order valence-corrected chi connectivity index (χ3v) is 4.73. The van der Waals surface area contributed by atoms with Crippen molar-refractivity contribution >= 4 is 10.8 Å². The second kappa shape index (κ2) is 5.85. The summed E-state index contributed by atoms with van der Waals surface area (Å²) in [5.74, 6) is 0.282. The summed E-state index contributed by atoms with van der Waals surface area (Å²) in [6, 6.07) is 9.43. The Hall–Kier alpha value is -1.18. The fraction of sp³-hybridized carbons (Fsp3) is 0.533. The van der Waals surface area contributed by atoms with Gasteiger partial charge < -0.3 is 5.11 Å². The van der Waals surface area contributed by atoms with Crippen molar-refractivity contribution in [2.24, 2.45) is 5.41 Å². The molecule has 2 atom stereocenters. The van der Waals surface area contributed by atoms with Crippen LogP contribution < -0.4 is 0 Å². The largest absolute Gasteiger partial charge is 0.375 e. The molecule has 0 amide bonds. The minimum absolute atomic E-state index is 0.202. The molecule has 0 saturated heterocycles. The molecule has 0 fully saturated rings. The van der Waals surface area contributed by atoms with Gasteiger partial charge in [-0.05, 0) is 19.1 Å². The highest BCUT2D eigenvalue weighted by Gasteiger charge is 2.40. The Balaban J connectivity index is 2.74. The van der Waals surface area contributed by atoms with Gasteiger partial charge in [0.15, 0.2) is 5.60 Å². The van der Waals surface area contributed by atoms with Crippen LogP contribution >= 0.6 is 0 Å². The van der Waals surface area contributed by atoms with Crippen LogP contribution in [0.15, 0.2) is 29.2 Å². The van der Waals surface area contributed by atoms with Crippen LogP contribution in [-0.4, -0.2) is 20.7 Å². The van der Waals surface area contributed by atoms with E-state index in [2.05, 4.69) is 0 Å². The second-order valence-corrected chi connectivity index (χ2v) is 7.41. The molecule has 0 spiro atoms. The van der Waals surface area contributed by atoms with Crippen LogP contribution in [0.2, 0.25) is 0 Å². The maximum atomic E-state index is 12.1. The van der Waals surface area contributed by atoms with Gasteiger partial charge in [-0.15, -0.1) is 0 Å². The molecule has 1 rings (SSSR count). The zero-order valence-corrected chi connectivity index (χ0v) is 12.8. The van der Waals surface area contributed by atoms with E-state index in [0.717, 1.165) is 10.5 Å². The van der Waals surface area contributed by atoms with Gasteiger partial charge in [-0.2, -0.15) is 5.26 Å². The number of rotatable bonds is 4. The van der Waals surface area contributed by atoms with Crippen LogP contribution in [0.4, 0.5) is 0 Å². The summed E-state index contributed by atoms with van der Waals surface area (Å²) >= 11 is 0. The van der Waals surface area contributed by atoms with E-state index in [1.807, 2.05) is 58.0 Å². The highest BCUT2D eigenvalue weighted by atomic mass is 32.2. The summed E-state index contributed by atoms with van der Waals surface area (Å²) in [7, 11) is -1.19. The molecule has 1 aromatic carbocycles. The Kier molecular flexibility index (Phi) is 4.89. The maximum absolute atomic E-state index is 12.1. The predicted octanol–water partition coefficient (Wildman–Crippen LogP) is 2.79. The standard InChI is InChI=1S/C15H21NO2S/c1-12-5-7-13(8-6-12)19(18)10-9-15(17,11-16)14(2,3)4/h5-8,17H,9-10H2,1-4H3. The summed E-state index contributed by atoms with van der Waals surface area (Å²) in [6.07, 6.45) is 0.202. The molecule has 4 heteroatoms. The van der Waals surface area contributed by atoms with E-state index in [0.29, 0.717) is 0 Å². The van der Waals surface area contributed by atoms with Gasteiger partial charge in [0.25, 0.3) is 0 Å².